The highest BCUT2D eigenvalue weighted by atomic mass is 32.2. The third-order valence-corrected chi connectivity index (χ3v) is 6.17. The van der Waals surface area contributed by atoms with Gasteiger partial charge in [0, 0.05) is 12.6 Å². The lowest BCUT2D eigenvalue weighted by Gasteiger charge is -2.19. The normalized spacial score (nSPS) is 14.8. The molecule has 0 amide bonds. The summed E-state index contributed by atoms with van der Waals surface area (Å²) in [7, 11) is -3.71. The molecule has 28 heavy (non-hydrogen) atoms. The van der Waals surface area contributed by atoms with Crippen molar-refractivity contribution < 1.29 is 23.0 Å². The van der Waals surface area contributed by atoms with Crippen LogP contribution in [0.2, 0.25) is 0 Å². The van der Waals surface area contributed by atoms with Crippen molar-refractivity contribution in [2.45, 2.75) is 17.4 Å². The quantitative estimate of drug-likeness (QED) is 0.666. The van der Waals surface area contributed by atoms with E-state index in [1.54, 1.807) is 6.07 Å². The molecular weight excluding hydrogens is 378 g/mol. The minimum absolute atomic E-state index is 0.108. The minimum atomic E-state index is -3.71. The van der Waals surface area contributed by atoms with Crippen LogP contribution < -0.4 is 14.2 Å². The van der Waals surface area contributed by atoms with E-state index in [0.29, 0.717) is 24.7 Å². The molecule has 3 aromatic carbocycles. The van der Waals surface area contributed by atoms with E-state index in [1.165, 1.54) is 12.1 Å². The van der Waals surface area contributed by atoms with Gasteiger partial charge in [-0.15, -0.1) is 0 Å². The predicted molar refractivity (Wildman–Crippen MR) is 106 cm³/mol. The van der Waals surface area contributed by atoms with Gasteiger partial charge in [-0.25, -0.2) is 13.1 Å². The number of hydrogen-bond donors (Lipinski definition) is 2. The lowest BCUT2D eigenvalue weighted by molar-refractivity contribution is 0.170. The number of aliphatic hydroxyl groups is 1. The van der Waals surface area contributed by atoms with E-state index in [0.717, 1.165) is 16.3 Å². The molecule has 146 valence electrons. The highest BCUT2D eigenvalue weighted by molar-refractivity contribution is 7.89. The number of sulfonamides is 1. The second-order valence-electron chi connectivity index (χ2n) is 6.58. The van der Waals surface area contributed by atoms with Gasteiger partial charge in [-0.05, 0) is 34.9 Å². The first-order valence-corrected chi connectivity index (χ1v) is 10.6. The van der Waals surface area contributed by atoms with Crippen molar-refractivity contribution in [2.75, 3.05) is 19.8 Å². The minimum Gasteiger partial charge on any atom is -0.486 e. The lowest BCUT2D eigenvalue weighted by Crippen LogP contribution is -2.26. The molecule has 6 nitrogen and oxygen atoms in total. The Morgan fingerprint density at radius 3 is 2.57 bits per heavy atom. The maximum Gasteiger partial charge on any atom is 0.240 e. The number of hydrogen-bond acceptors (Lipinski definition) is 5. The molecule has 2 N–H and O–H groups in total. The Hall–Kier alpha value is -2.61. The third kappa shape index (κ3) is 3.82. The van der Waals surface area contributed by atoms with Crippen LogP contribution in [0.3, 0.4) is 0 Å². The van der Waals surface area contributed by atoms with Crippen molar-refractivity contribution in [3.63, 3.8) is 0 Å². The zero-order valence-corrected chi connectivity index (χ0v) is 16.0. The van der Waals surface area contributed by atoms with Crippen molar-refractivity contribution in [1.82, 2.24) is 4.72 Å². The molecule has 0 spiro atoms. The summed E-state index contributed by atoms with van der Waals surface area (Å²) in [5.41, 5.74) is 0.789. The van der Waals surface area contributed by atoms with Gasteiger partial charge < -0.3 is 14.6 Å². The summed E-state index contributed by atoms with van der Waals surface area (Å²) in [6, 6.07) is 18.1. The van der Waals surface area contributed by atoms with Crippen LogP contribution in [0, 0.1) is 0 Å². The Morgan fingerprint density at radius 1 is 0.964 bits per heavy atom. The molecule has 0 bridgehead atoms. The van der Waals surface area contributed by atoms with Crippen molar-refractivity contribution >= 4 is 20.8 Å². The topological polar surface area (TPSA) is 84.9 Å². The molecule has 1 heterocycles. The van der Waals surface area contributed by atoms with E-state index in [2.05, 4.69) is 4.72 Å². The zero-order chi connectivity index (χ0) is 19.6. The van der Waals surface area contributed by atoms with Gasteiger partial charge in [0.1, 0.15) is 13.2 Å². The Morgan fingerprint density at radius 2 is 1.71 bits per heavy atom. The molecule has 0 saturated heterocycles. The Kier molecular flexibility index (Phi) is 5.21. The molecular formula is C21H21NO5S. The van der Waals surface area contributed by atoms with E-state index in [1.807, 2.05) is 42.5 Å². The van der Waals surface area contributed by atoms with E-state index >= 15 is 0 Å². The molecule has 7 heteroatoms. The van der Waals surface area contributed by atoms with Crippen LogP contribution in [0.5, 0.6) is 11.5 Å². The Bertz CT molecular complexity index is 1090. The predicted octanol–water partition coefficient (Wildman–Crippen LogP) is 3.01. The van der Waals surface area contributed by atoms with E-state index in [4.69, 9.17) is 9.47 Å². The summed E-state index contributed by atoms with van der Waals surface area (Å²) in [5.74, 6) is 0.960. The number of nitrogens with one attached hydrogen (secondary N) is 1. The smallest absolute Gasteiger partial charge is 0.240 e. The molecule has 3 aromatic rings. The maximum atomic E-state index is 12.6. The monoisotopic (exact) mass is 399 g/mol. The molecule has 1 unspecified atom stereocenters. The fourth-order valence-corrected chi connectivity index (χ4v) is 4.36. The molecule has 0 saturated carbocycles. The molecule has 0 fully saturated rings. The fraction of sp³-hybridized carbons (Fsp3) is 0.238. The number of fused-ring (bicyclic) bond motifs is 2. The van der Waals surface area contributed by atoms with Crippen LogP contribution in [-0.2, 0) is 10.0 Å². The summed E-state index contributed by atoms with van der Waals surface area (Å²) in [4.78, 5) is 0.108. The van der Waals surface area contributed by atoms with E-state index < -0.39 is 16.1 Å². The second-order valence-corrected chi connectivity index (χ2v) is 8.34. The van der Waals surface area contributed by atoms with Crippen molar-refractivity contribution in [3.05, 3.63) is 66.2 Å². The number of benzene rings is 3. The van der Waals surface area contributed by atoms with Crippen LogP contribution in [0.25, 0.3) is 10.8 Å². The van der Waals surface area contributed by atoms with Gasteiger partial charge in [-0.3, -0.25) is 0 Å². The summed E-state index contributed by atoms with van der Waals surface area (Å²) >= 11 is 0. The first-order valence-electron chi connectivity index (χ1n) is 9.10. The highest BCUT2D eigenvalue weighted by Crippen LogP contribution is 2.32. The Labute approximate surface area is 163 Å². The fourth-order valence-electron chi connectivity index (χ4n) is 3.30. The molecule has 0 aromatic heterocycles. The standard InChI is InChI=1S/C21H21NO5S/c23-19(18-7-3-5-15-4-1-2-6-17(15)18)10-11-22-28(24,25)16-8-9-20-21(14-16)27-13-12-26-20/h1-9,14,19,22-23H,10-13H2. The lowest BCUT2D eigenvalue weighted by atomic mass is 9.99. The van der Waals surface area contributed by atoms with Crippen molar-refractivity contribution in [1.29, 1.82) is 0 Å². The number of aliphatic hydroxyl groups excluding tert-OH is 1. The summed E-state index contributed by atoms with van der Waals surface area (Å²) in [6.07, 6.45) is -0.508. The first kappa shape index (κ1) is 18.7. The summed E-state index contributed by atoms with van der Waals surface area (Å²) < 4.78 is 38.5. The van der Waals surface area contributed by atoms with Gasteiger partial charge in [0.2, 0.25) is 10.0 Å². The number of rotatable bonds is 6. The van der Waals surface area contributed by atoms with Crippen LogP contribution in [0.4, 0.5) is 0 Å². The van der Waals surface area contributed by atoms with Crippen molar-refractivity contribution in [3.8, 4) is 11.5 Å². The SMILES string of the molecule is O=S(=O)(NCCC(O)c1cccc2ccccc12)c1ccc2c(c1)OCCO2. The number of ether oxygens (including phenoxy) is 2. The van der Waals surface area contributed by atoms with Gasteiger partial charge in [0.25, 0.3) is 0 Å². The van der Waals surface area contributed by atoms with Gasteiger partial charge in [-0.1, -0.05) is 42.5 Å². The maximum absolute atomic E-state index is 12.6. The van der Waals surface area contributed by atoms with Crippen LogP contribution in [0.15, 0.2) is 65.6 Å². The Balaban J connectivity index is 1.44. The second kappa shape index (κ2) is 7.79. The van der Waals surface area contributed by atoms with Crippen LogP contribution in [0.1, 0.15) is 18.1 Å². The van der Waals surface area contributed by atoms with Crippen molar-refractivity contribution in [2.24, 2.45) is 0 Å². The average molecular weight is 399 g/mol. The first-order chi connectivity index (χ1) is 13.5. The largest absolute Gasteiger partial charge is 0.486 e. The third-order valence-electron chi connectivity index (χ3n) is 4.72. The van der Waals surface area contributed by atoms with Crippen LogP contribution in [-0.4, -0.2) is 33.3 Å². The average Bonchev–Trinajstić information content (AvgIpc) is 2.72. The molecule has 4 rings (SSSR count). The van der Waals surface area contributed by atoms with E-state index in [9.17, 15) is 13.5 Å². The van der Waals surface area contributed by atoms with E-state index in [-0.39, 0.29) is 17.9 Å². The summed E-state index contributed by atoms with van der Waals surface area (Å²) in [6.45, 7) is 0.950. The molecule has 0 radical (unpaired) electrons. The van der Waals surface area contributed by atoms with Gasteiger partial charge >= 0.3 is 0 Å². The highest BCUT2D eigenvalue weighted by Gasteiger charge is 2.20. The van der Waals surface area contributed by atoms with Gasteiger partial charge in [-0.2, -0.15) is 0 Å². The molecule has 1 aliphatic rings. The molecule has 1 atom stereocenters. The van der Waals surface area contributed by atoms with Crippen LogP contribution >= 0.6 is 0 Å². The van der Waals surface area contributed by atoms with Gasteiger partial charge in [0.15, 0.2) is 11.5 Å². The molecule has 1 aliphatic heterocycles. The van der Waals surface area contributed by atoms with Gasteiger partial charge in [0.05, 0.1) is 11.0 Å². The zero-order valence-electron chi connectivity index (χ0n) is 15.2. The summed E-state index contributed by atoms with van der Waals surface area (Å²) in [5, 5.41) is 12.6. The molecule has 0 aliphatic carbocycles.